The first-order chi connectivity index (χ1) is 20.7. The molecule has 0 saturated carbocycles. The molecule has 5 aromatic carbocycles. The zero-order valence-electron chi connectivity index (χ0n) is 22.5. The van der Waals surface area contributed by atoms with Crippen LogP contribution in [0.1, 0.15) is 5.69 Å². The summed E-state index contributed by atoms with van der Waals surface area (Å²) in [5.41, 5.74) is 9.41. The fourth-order valence-corrected chi connectivity index (χ4v) is 5.71. The number of benzene rings is 5. The van der Waals surface area contributed by atoms with Crippen molar-refractivity contribution in [1.82, 2.24) is 9.97 Å². The predicted octanol–water partition coefficient (Wildman–Crippen LogP) is 9.87. The molecule has 0 atom stereocenters. The van der Waals surface area contributed by atoms with Gasteiger partial charge in [0.05, 0.1) is 12.3 Å². The van der Waals surface area contributed by atoms with Crippen LogP contribution in [0.25, 0.3) is 71.0 Å². The third kappa shape index (κ3) is 4.34. The highest BCUT2D eigenvalue weighted by molar-refractivity contribution is 6.21. The van der Waals surface area contributed by atoms with Crippen LogP contribution in [-0.2, 0) is 0 Å². The molecule has 0 saturated heterocycles. The Morgan fingerprint density at radius 3 is 1.55 bits per heavy atom. The predicted molar refractivity (Wildman–Crippen MR) is 170 cm³/mol. The summed E-state index contributed by atoms with van der Waals surface area (Å²) in [5, 5.41) is 14.0. The fraction of sp³-hybridized carbons (Fsp3) is 0. The van der Waals surface area contributed by atoms with E-state index in [1.165, 1.54) is 32.7 Å². The summed E-state index contributed by atoms with van der Waals surface area (Å²) in [6, 6.07) is 43.6. The number of fused-ring (bicyclic) bond motifs is 2. The Morgan fingerprint density at radius 1 is 0.524 bits per heavy atom. The van der Waals surface area contributed by atoms with Gasteiger partial charge in [-0.05, 0) is 84.8 Å². The van der Waals surface area contributed by atoms with Crippen molar-refractivity contribution >= 4 is 27.2 Å². The van der Waals surface area contributed by atoms with Crippen molar-refractivity contribution in [1.29, 1.82) is 5.26 Å². The Morgan fingerprint density at radius 2 is 1.02 bits per heavy atom. The van der Waals surface area contributed by atoms with Gasteiger partial charge in [-0.15, -0.1) is 0 Å². The maximum Gasteiger partial charge on any atom is 0.190 e. The average Bonchev–Trinajstić information content (AvgIpc) is 3.07. The molecule has 0 radical (unpaired) electrons. The van der Waals surface area contributed by atoms with E-state index in [4.69, 9.17) is 6.57 Å². The van der Waals surface area contributed by atoms with Gasteiger partial charge in [-0.25, -0.2) is 9.83 Å². The number of aromatic nitrogens is 2. The minimum Gasteiger partial charge on any atom is -0.259 e. The van der Waals surface area contributed by atoms with E-state index in [-0.39, 0.29) is 0 Å². The molecule has 0 aliphatic carbocycles. The fourth-order valence-electron chi connectivity index (χ4n) is 5.71. The second-order valence-corrected chi connectivity index (χ2v) is 10.0. The standard InChI is InChI=1S/C38H22N4/c1-40-30-19-21-42-36(23-30)26-12-16-28(17-13-26)38-34-8-4-2-6-32(34)37(33-7-3-5-9-35(33)38)27-14-10-25(11-15-27)29-18-20-41-31(22-29)24-39/h2-23H. The van der Waals surface area contributed by atoms with Crippen LogP contribution in [-0.4, -0.2) is 9.97 Å². The SMILES string of the molecule is [C-]#[N+]c1ccnc(-c2ccc(-c3c4ccccc4c(-c4ccc(-c5ccnc(C#N)c5)cc4)c4ccccc34)cc2)c1. The summed E-state index contributed by atoms with van der Waals surface area (Å²) < 4.78 is 0. The van der Waals surface area contributed by atoms with Gasteiger partial charge in [0.2, 0.25) is 0 Å². The van der Waals surface area contributed by atoms with Crippen LogP contribution in [0.15, 0.2) is 134 Å². The second-order valence-electron chi connectivity index (χ2n) is 10.0. The van der Waals surface area contributed by atoms with Crippen molar-refractivity contribution in [2.24, 2.45) is 0 Å². The highest BCUT2D eigenvalue weighted by Gasteiger charge is 2.16. The molecule has 2 aromatic heterocycles. The highest BCUT2D eigenvalue weighted by atomic mass is 14.7. The van der Waals surface area contributed by atoms with Crippen LogP contribution in [0.3, 0.4) is 0 Å². The van der Waals surface area contributed by atoms with Gasteiger partial charge in [-0.1, -0.05) is 97.1 Å². The van der Waals surface area contributed by atoms with Crippen LogP contribution < -0.4 is 0 Å². The van der Waals surface area contributed by atoms with Crippen LogP contribution in [0, 0.1) is 17.9 Å². The van der Waals surface area contributed by atoms with Crippen LogP contribution >= 0.6 is 0 Å². The molecule has 0 spiro atoms. The number of nitriles is 1. The van der Waals surface area contributed by atoms with E-state index in [1.807, 2.05) is 18.2 Å². The molecule has 4 heteroatoms. The molecule has 42 heavy (non-hydrogen) atoms. The molecule has 0 amide bonds. The molecule has 7 aromatic rings. The van der Waals surface area contributed by atoms with Gasteiger partial charge < -0.3 is 0 Å². The summed E-state index contributed by atoms with van der Waals surface area (Å²) in [5.74, 6) is 0. The minimum atomic E-state index is 0.408. The lowest BCUT2D eigenvalue weighted by Gasteiger charge is -2.18. The molecule has 0 N–H and O–H groups in total. The number of hydrogen-bond donors (Lipinski definition) is 0. The monoisotopic (exact) mass is 534 g/mol. The summed E-state index contributed by atoms with van der Waals surface area (Å²) >= 11 is 0. The summed E-state index contributed by atoms with van der Waals surface area (Å²) in [6.45, 7) is 7.33. The van der Waals surface area contributed by atoms with Gasteiger partial charge in [0.1, 0.15) is 11.8 Å². The Kier molecular flexibility index (Phi) is 6.21. The largest absolute Gasteiger partial charge is 0.259 e. The topological polar surface area (TPSA) is 53.9 Å². The van der Waals surface area contributed by atoms with Gasteiger partial charge in [0.15, 0.2) is 5.69 Å². The lowest BCUT2D eigenvalue weighted by atomic mass is 9.85. The third-order valence-corrected chi connectivity index (χ3v) is 7.65. The highest BCUT2D eigenvalue weighted by Crippen LogP contribution is 2.44. The number of hydrogen-bond acceptors (Lipinski definition) is 3. The van der Waals surface area contributed by atoms with Gasteiger partial charge in [0.25, 0.3) is 0 Å². The van der Waals surface area contributed by atoms with E-state index in [1.54, 1.807) is 18.5 Å². The van der Waals surface area contributed by atoms with E-state index in [2.05, 4.69) is 118 Å². The smallest absolute Gasteiger partial charge is 0.190 e. The van der Waals surface area contributed by atoms with Gasteiger partial charge in [-0.2, -0.15) is 5.26 Å². The van der Waals surface area contributed by atoms with Gasteiger partial charge >= 0.3 is 0 Å². The van der Waals surface area contributed by atoms with Crippen molar-refractivity contribution in [2.45, 2.75) is 0 Å². The van der Waals surface area contributed by atoms with Crippen molar-refractivity contribution in [2.75, 3.05) is 0 Å². The first kappa shape index (κ1) is 24.9. The zero-order valence-corrected chi connectivity index (χ0v) is 22.5. The molecule has 0 aliphatic rings. The molecule has 0 unspecified atom stereocenters. The average molecular weight is 535 g/mol. The normalized spacial score (nSPS) is 10.8. The maximum atomic E-state index is 9.27. The van der Waals surface area contributed by atoms with E-state index < -0.39 is 0 Å². The van der Waals surface area contributed by atoms with Crippen molar-refractivity contribution in [3.63, 3.8) is 0 Å². The van der Waals surface area contributed by atoms with Crippen molar-refractivity contribution in [3.05, 3.63) is 151 Å². The Labute approximate surface area is 243 Å². The quantitative estimate of drug-likeness (QED) is 0.167. The van der Waals surface area contributed by atoms with Crippen LogP contribution in [0.5, 0.6) is 0 Å². The second kappa shape index (κ2) is 10.5. The van der Waals surface area contributed by atoms with Gasteiger partial charge in [-0.3, -0.25) is 4.98 Å². The molecular formula is C38H22N4. The molecule has 2 heterocycles. The summed E-state index contributed by atoms with van der Waals surface area (Å²) in [4.78, 5) is 12.1. The zero-order chi connectivity index (χ0) is 28.5. The van der Waals surface area contributed by atoms with Crippen LogP contribution in [0.4, 0.5) is 5.69 Å². The third-order valence-electron chi connectivity index (χ3n) is 7.65. The number of nitrogens with zero attached hydrogens (tertiary/aromatic N) is 4. The lowest BCUT2D eigenvalue weighted by Crippen LogP contribution is -1.91. The van der Waals surface area contributed by atoms with Gasteiger partial charge in [0, 0.05) is 12.4 Å². The van der Waals surface area contributed by atoms with Crippen molar-refractivity contribution in [3.8, 4) is 50.7 Å². The first-order valence-electron chi connectivity index (χ1n) is 13.6. The first-order valence-corrected chi connectivity index (χ1v) is 13.6. The Bertz CT molecular complexity index is 1980. The van der Waals surface area contributed by atoms with Crippen LogP contribution in [0.2, 0.25) is 0 Å². The maximum absolute atomic E-state index is 9.27. The molecule has 194 valence electrons. The van der Waals surface area contributed by atoms with E-state index in [0.717, 1.165) is 33.5 Å². The molecule has 4 nitrogen and oxygen atoms in total. The molecule has 0 bridgehead atoms. The van der Waals surface area contributed by atoms with E-state index in [9.17, 15) is 5.26 Å². The minimum absolute atomic E-state index is 0.408. The summed E-state index contributed by atoms with van der Waals surface area (Å²) in [7, 11) is 0. The Balaban J connectivity index is 1.38. The van der Waals surface area contributed by atoms with E-state index in [0.29, 0.717) is 11.4 Å². The van der Waals surface area contributed by atoms with Crippen molar-refractivity contribution < 1.29 is 0 Å². The molecule has 0 aliphatic heterocycles. The Hall–Kier alpha value is -6.10. The number of pyridine rings is 2. The number of rotatable bonds is 4. The molecule has 7 rings (SSSR count). The lowest BCUT2D eigenvalue weighted by molar-refractivity contribution is 1.26. The molecular weight excluding hydrogens is 512 g/mol. The summed E-state index contributed by atoms with van der Waals surface area (Å²) in [6.07, 6.45) is 3.36. The van der Waals surface area contributed by atoms with E-state index >= 15 is 0 Å². The molecule has 0 fully saturated rings.